The van der Waals surface area contributed by atoms with E-state index in [1.807, 2.05) is 19.9 Å². The summed E-state index contributed by atoms with van der Waals surface area (Å²) in [6.07, 6.45) is 9.78. The van der Waals surface area contributed by atoms with Crippen LogP contribution in [0.5, 0.6) is 0 Å². The Bertz CT molecular complexity index is 1140. The smallest absolute Gasteiger partial charge is 0.186 e. The molecule has 6 aliphatic rings. The summed E-state index contributed by atoms with van der Waals surface area (Å²) in [6.45, 7) is 15.8. The molecule has 5 fully saturated rings. The highest BCUT2D eigenvalue weighted by atomic mass is 16.7. The molecular formula is C36H58O8. The van der Waals surface area contributed by atoms with E-state index < -0.39 is 53.9 Å². The highest BCUT2D eigenvalue weighted by Gasteiger charge is 2.75. The van der Waals surface area contributed by atoms with Crippen LogP contribution in [-0.2, 0) is 14.2 Å². The van der Waals surface area contributed by atoms with Gasteiger partial charge in [-0.2, -0.15) is 0 Å². The van der Waals surface area contributed by atoms with Crippen molar-refractivity contribution in [2.24, 2.45) is 45.3 Å². The monoisotopic (exact) mass is 618 g/mol. The van der Waals surface area contributed by atoms with Crippen LogP contribution in [0.25, 0.3) is 0 Å². The summed E-state index contributed by atoms with van der Waals surface area (Å²) in [4.78, 5) is 0. The maximum atomic E-state index is 10.7. The van der Waals surface area contributed by atoms with E-state index >= 15 is 0 Å². The average Bonchev–Trinajstić information content (AvgIpc) is 3.35. The summed E-state index contributed by atoms with van der Waals surface area (Å²) in [7, 11) is 0. The summed E-state index contributed by atoms with van der Waals surface area (Å²) in [6, 6.07) is 0. The molecule has 3 saturated carbocycles. The summed E-state index contributed by atoms with van der Waals surface area (Å²) in [5, 5.41) is 51.2. The van der Waals surface area contributed by atoms with E-state index in [4.69, 9.17) is 14.2 Å². The van der Waals surface area contributed by atoms with E-state index in [2.05, 4.69) is 52.8 Å². The van der Waals surface area contributed by atoms with Gasteiger partial charge in [0, 0.05) is 16.7 Å². The van der Waals surface area contributed by atoms with Crippen LogP contribution in [0.15, 0.2) is 24.3 Å². The van der Waals surface area contributed by atoms with Crippen molar-refractivity contribution in [3.05, 3.63) is 24.3 Å². The Kier molecular flexibility index (Phi) is 8.15. The molecule has 0 aromatic carbocycles. The number of fused-ring (bicyclic) bond motifs is 2. The minimum Gasteiger partial charge on any atom is -0.394 e. The van der Waals surface area contributed by atoms with Crippen molar-refractivity contribution < 1.29 is 39.7 Å². The second kappa shape index (κ2) is 10.8. The fourth-order valence-electron chi connectivity index (χ4n) is 11.5. The van der Waals surface area contributed by atoms with Crippen molar-refractivity contribution in [2.45, 2.75) is 141 Å². The number of allylic oxidation sites excluding steroid dienone is 2. The van der Waals surface area contributed by atoms with Gasteiger partial charge >= 0.3 is 0 Å². The number of hydrogen-bond donors (Lipinski definition) is 5. The molecule has 250 valence electrons. The van der Waals surface area contributed by atoms with Crippen LogP contribution in [0, 0.1) is 45.3 Å². The lowest BCUT2D eigenvalue weighted by atomic mass is 9.38. The maximum Gasteiger partial charge on any atom is 0.186 e. The third kappa shape index (κ3) is 4.52. The van der Waals surface area contributed by atoms with Gasteiger partial charge in [0.15, 0.2) is 6.29 Å². The molecule has 0 radical (unpaired) electrons. The van der Waals surface area contributed by atoms with Crippen LogP contribution >= 0.6 is 0 Å². The minimum absolute atomic E-state index is 0.0767. The van der Waals surface area contributed by atoms with E-state index in [1.54, 1.807) is 0 Å². The molecule has 44 heavy (non-hydrogen) atoms. The van der Waals surface area contributed by atoms with Crippen LogP contribution in [-0.4, -0.2) is 86.8 Å². The predicted octanol–water partition coefficient (Wildman–Crippen LogP) is 4.12. The van der Waals surface area contributed by atoms with Gasteiger partial charge in [-0.3, -0.25) is 0 Å². The molecule has 2 saturated heterocycles. The third-order valence-electron chi connectivity index (χ3n) is 14.2. The SMILES string of the molecule is C[C@H](C/C=C/C(C)(C)O)[C@H]1CC[C@@]2(C)[C@@H]3C=C[C@]45OC[C@]3(CC[C@]12C)[C@@H]4CC[C@H](O[C@@H]1O[C@H](CO)[C@@H](O)[C@@H](O)[C@H]1O)C5(C)C. The molecule has 0 amide bonds. The van der Waals surface area contributed by atoms with Crippen LogP contribution in [0.3, 0.4) is 0 Å². The molecule has 6 rings (SSSR count). The van der Waals surface area contributed by atoms with Gasteiger partial charge in [-0.25, -0.2) is 0 Å². The molecule has 14 atom stereocenters. The fourth-order valence-corrected chi connectivity index (χ4v) is 11.5. The largest absolute Gasteiger partial charge is 0.394 e. The van der Waals surface area contributed by atoms with Gasteiger partial charge in [0.2, 0.25) is 0 Å². The molecule has 0 aromatic rings. The molecule has 8 nitrogen and oxygen atoms in total. The summed E-state index contributed by atoms with van der Waals surface area (Å²) in [5.41, 5.74) is -1.24. The Labute approximate surface area is 263 Å². The number of aliphatic hydroxyl groups is 5. The van der Waals surface area contributed by atoms with Gasteiger partial charge in [0.1, 0.15) is 24.4 Å². The second-order valence-corrected chi connectivity index (χ2v) is 17.1. The van der Waals surface area contributed by atoms with Crippen molar-refractivity contribution in [1.82, 2.24) is 0 Å². The summed E-state index contributed by atoms with van der Waals surface area (Å²) >= 11 is 0. The highest BCUT2D eigenvalue weighted by molar-refractivity contribution is 5.33. The lowest BCUT2D eigenvalue weighted by Crippen LogP contribution is -2.66. The topological polar surface area (TPSA) is 129 Å². The quantitative estimate of drug-likeness (QED) is 0.270. The number of ether oxygens (including phenoxy) is 3. The van der Waals surface area contributed by atoms with E-state index in [1.165, 1.54) is 19.3 Å². The molecule has 8 heteroatoms. The highest BCUT2D eigenvalue weighted by Crippen LogP contribution is 2.77. The maximum absolute atomic E-state index is 10.7. The summed E-state index contributed by atoms with van der Waals surface area (Å²) < 4.78 is 19.2. The molecule has 2 heterocycles. The third-order valence-corrected chi connectivity index (χ3v) is 14.2. The normalized spacial score (nSPS) is 52.0. The van der Waals surface area contributed by atoms with E-state index in [0.717, 1.165) is 32.3 Å². The first kappa shape index (κ1) is 33.1. The molecule has 1 spiro atoms. The van der Waals surface area contributed by atoms with Crippen LogP contribution in [0.2, 0.25) is 0 Å². The standard InChI is InChI=1S/C36H58O8/c1-21(9-8-14-31(2,3)41)22-12-15-34(7)24-13-16-36-25(35(24,20-42-36)18-17-33(22,34)6)10-11-26(32(36,4)5)44-30-29(40)28(39)27(38)23(19-37)43-30/h8,13-14,16,21-30,37-41H,9-12,15,17-20H2,1-7H3/b14-8+/t21-,22-,23-,24+,25+,26+,27-,28-,29-,30+,33-,34+,35+,36+/m1/s1. The van der Waals surface area contributed by atoms with E-state index in [0.29, 0.717) is 23.7 Å². The van der Waals surface area contributed by atoms with Gasteiger partial charge in [0.05, 0.1) is 30.5 Å². The Balaban J connectivity index is 1.25. The molecule has 2 bridgehead atoms. The zero-order chi connectivity index (χ0) is 32.1. The first-order valence-corrected chi connectivity index (χ1v) is 17.2. The van der Waals surface area contributed by atoms with Gasteiger partial charge in [-0.1, -0.05) is 58.9 Å². The number of hydrogen-bond acceptors (Lipinski definition) is 8. The molecule has 0 aromatic heterocycles. The Morgan fingerprint density at radius 1 is 0.977 bits per heavy atom. The zero-order valence-electron chi connectivity index (χ0n) is 27.9. The predicted molar refractivity (Wildman–Crippen MR) is 166 cm³/mol. The number of aliphatic hydroxyl groups excluding tert-OH is 4. The lowest BCUT2D eigenvalue weighted by Gasteiger charge is -2.65. The van der Waals surface area contributed by atoms with Crippen molar-refractivity contribution >= 4 is 0 Å². The van der Waals surface area contributed by atoms with Crippen molar-refractivity contribution in [3.8, 4) is 0 Å². The summed E-state index contributed by atoms with van der Waals surface area (Å²) in [5.74, 6) is 1.99. The van der Waals surface area contributed by atoms with Crippen LogP contribution in [0.4, 0.5) is 0 Å². The van der Waals surface area contributed by atoms with Gasteiger partial charge in [0.25, 0.3) is 0 Å². The van der Waals surface area contributed by atoms with E-state index in [-0.39, 0.29) is 22.3 Å². The molecule has 4 aliphatic carbocycles. The van der Waals surface area contributed by atoms with Gasteiger partial charge in [-0.15, -0.1) is 0 Å². The van der Waals surface area contributed by atoms with Gasteiger partial charge < -0.3 is 39.7 Å². The van der Waals surface area contributed by atoms with E-state index in [9.17, 15) is 25.5 Å². The van der Waals surface area contributed by atoms with Crippen LogP contribution in [0.1, 0.15) is 93.4 Å². The average molecular weight is 619 g/mol. The fraction of sp³-hybridized carbons (Fsp3) is 0.889. The first-order chi connectivity index (χ1) is 20.5. The molecular weight excluding hydrogens is 560 g/mol. The van der Waals surface area contributed by atoms with Crippen molar-refractivity contribution in [1.29, 1.82) is 0 Å². The van der Waals surface area contributed by atoms with Crippen molar-refractivity contribution in [2.75, 3.05) is 13.2 Å². The van der Waals surface area contributed by atoms with Crippen molar-refractivity contribution in [3.63, 3.8) is 0 Å². The molecule has 2 aliphatic heterocycles. The number of rotatable bonds is 7. The Morgan fingerprint density at radius 2 is 1.70 bits per heavy atom. The molecule has 0 unspecified atom stereocenters. The lowest BCUT2D eigenvalue weighted by molar-refractivity contribution is -0.329. The zero-order valence-corrected chi connectivity index (χ0v) is 27.9. The minimum atomic E-state index is -1.46. The van der Waals surface area contributed by atoms with Gasteiger partial charge in [-0.05, 0) is 87.4 Å². The second-order valence-electron chi connectivity index (χ2n) is 17.1. The Morgan fingerprint density at radius 3 is 2.39 bits per heavy atom. The Hall–Kier alpha value is -0.840. The molecule has 5 N–H and O–H groups in total. The van der Waals surface area contributed by atoms with Crippen LogP contribution < -0.4 is 0 Å². The first-order valence-electron chi connectivity index (χ1n) is 17.2.